The van der Waals surface area contributed by atoms with E-state index < -0.39 is 5.54 Å². The van der Waals surface area contributed by atoms with Crippen molar-refractivity contribution in [1.82, 2.24) is 4.90 Å². The average molecular weight is 298 g/mol. The lowest BCUT2D eigenvalue weighted by molar-refractivity contribution is 0.0604. The van der Waals surface area contributed by atoms with Crippen LogP contribution in [0.3, 0.4) is 0 Å². The average Bonchev–Trinajstić information content (AvgIpc) is 2.47. The van der Waals surface area contributed by atoms with Crippen molar-refractivity contribution in [2.75, 3.05) is 20.2 Å². The largest absolute Gasteiger partial charge is 0.496 e. The maximum Gasteiger partial charge on any atom is 0.186 e. The number of carbonyl (C=O) groups is 1. The molecule has 0 bridgehead atoms. The van der Waals surface area contributed by atoms with Gasteiger partial charge in [0.1, 0.15) is 5.75 Å². The summed E-state index contributed by atoms with van der Waals surface area (Å²) in [7, 11) is 1.57. The summed E-state index contributed by atoms with van der Waals surface area (Å²) < 4.78 is 5.31. The van der Waals surface area contributed by atoms with Crippen molar-refractivity contribution in [3.63, 3.8) is 0 Å². The van der Waals surface area contributed by atoms with Crippen LogP contribution >= 0.6 is 11.6 Å². The van der Waals surface area contributed by atoms with Crippen LogP contribution in [0.25, 0.3) is 0 Å². The summed E-state index contributed by atoms with van der Waals surface area (Å²) >= 11 is 6.04. The minimum atomic E-state index is -0.540. The highest BCUT2D eigenvalue weighted by molar-refractivity contribution is 6.31. The molecule has 1 unspecified atom stereocenters. The Morgan fingerprint density at radius 1 is 1.30 bits per heavy atom. The van der Waals surface area contributed by atoms with Gasteiger partial charge in [0.2, 0.25) is 0 Å². The maximum atomic E-state index is 13.0. The Balaban J connectivity index is 3.30. The number of carbonyl (C=O) groups excluding carboxylic acids is 1. The SMILES string of the molecule is CCN(CC)C(C)(CC)C(=O)c1cc(Cl)ccc1OC. The van der Waals surface area contributed by atoms with E-state index >= 15 is 0 Å². The number of rotatable bonds is 7. The zero-order valence-electron chi connectivity index (χ0n) is 13.0. The van der Waals surface area contributed by atoms with Crippen LogP contribution in [0.2, 0.25) is 5.02 Å². The molecular weight excluding hydrogens is 274 g/mol. The number of benzene rings is 1. The minimum Gasteiger partial charge on any atom is -0.496 e. The monoisotopic (exact) mass is 297 g/mol. The Bertz CT molecular complexity index is 472. The van der Waals surface area contributed by atoms with Crippen LogP contribution in [0.5, 0.6) is 5.75 Å². The van der Waals surface area contributed by atoms with Gasteiger partial charge in [-0.1, -0.05) is 32.4 Å². The standard InChI is InChI=1S/C16H24ClNO2/c1-6-16(4,18(7-2)8-3)15(19)13-11-12(17)9-10-14(13)20-5/h9-11H,6-8H2,1-5H3. The summed E-state index contributed by atoms with van der Waals surface area (Å²) in [4.78, 5) is 15.2. The third-order valence-corrected chi connectivity index (χ3v) is 4.28. The fraction of sp³-hybridized carbons (Fsp3) is 0.562. The normalized spacial score (nSPS) is 14.2. The smallest absolute Gasteiger partial charge is 0.186 e. The third kappa shape index (κ3) is 3.15. The predicted octanol–water partition coefficient (Wildman–Crippen LogP) is 4.04. The Morgan fingerprint density at radius 2 is 1.90 bits per heavy atom. The van der Waals surface area contributed by atoms with Crippen molar-refractivity contribution in [3.8, 4) is 5.75 Å². The van der Waals surface area contributed by atoms with E-state index in [0.29, 0.717) is 16.3 Å². The van der Waals surface area contributed by atoms with E-state index in [0.717, 1.165) is 19.5 Å². The molecule has 0 aliphatic heterocycles. The van der Waals surface area contributed by atoms with E-state index in [1.165, 1.54) is 0 Å². The molecule has 0 saturated carbocycles. The van der Waals surface area contributed by atoms with Gasteiger partial charge in [0.05, 0.1) is 18.2 Å². The Hall–Kier alpha value is -1.06. The molecule has 1 aromatic rings. The van der Waals surface area contributed by atoms with Crippen molar-refractivity contribution in [2.45, 2.75) is 39.7 Å². The molecule has 3 nitrogen and oxygen atoms in total. The fourth-order valence-corrected chi connectivity index (χ4v) is 2.77. The van der Waals surface area contributed by atoms with Gasteiger partial charge in [-0.2, -0.15) is 0 Å². The summed E-state index contributed by atoms with van der Waals surface area (Å²) in [6, 6.07) is 5.17. The molecule has 4 heteroatoms. The van der Waals surface area contributed by atoms with Crippen molar-refractivity contribution in [2.24, 2.45) is 0 Å². The lowest BCUT2D eigenvalue weighted by Gasteiger charge is -2.38. The molecule has 0 aromatic heterocycles. The van der Waals surface area contributed by atoms with Gasteiger partial charge in [0, 0.05) is 5.02 Å². The summed E-state index contributed by atoms with van der Waals surface area (Å²) in [5.74, 6) is 0.634. The molecule has 0 amide bonds. The van der Waals surface area contributed by atoms with Gasteiger partial charge in [0.15, 0.2) is 5.78 Å². The quantitative estimate of drug-likeness (QED) is 0.711. The van der Waals surface area contributed by atoms with Crippen LogP contribution in [0.1, 0.15) is 44.5 Å². The van der Waals surface area contributed by atoms with Crippen molar-refractivity contribution >= 4 is 17.4 Å². The highest BCUT2D eigenvalue weighted by atomic mass is 35.5. The molecule has 0 spiro atoms. The first-order valence-electron chi connectivity index (χ1n) is 7.07. The molecule has 0 fully saturated rings. The van der Waals surface area contributed by atoms with Crippen LogP contribution in [-0.4, -0.2) is 36.4 Å². The topological polar surface area (TPSA) is 29.5 Å². The molecule has 0 N–H and O–H groups in total. The second-order valence-electron chi connectivity index (χ2n) is 4.97. The second kappa shape index (κ2) is 7.09. The van der Waals surface area contributed by atoms with Crippen molar-refractivity contribution in [3.05, 3.63) is 28.8 Å². The number of hydrogen-bond donors (Lipinski definition) is 0. The Kier molecular flexibility index (Phi) is 6.03. The number of nitrogens with zero attached hydrogens (tertiary/aromatic N) is 1. The van der Waals surface area contributed by atoms with Crippen LogP contribution in [0, 0.1) is 0 Å². The van der Waals surface area contributed by atoms with Gasteiger partial charge in [-0.15, -0.1) is 0 Å². The third-order valence-electron chi connectivity index (χ3n) is 4.05. The van der Waals surface area contributed by atoms with E-state index in [9.17, 15) is 4.79 Å². The summed E-state index contributed by atoms with van der Waals surface area (Å²) in [5.41, 5.74) is 0.0119. The summed E-state index contributed by atoms with van der Waals surface area (Å²) in [6.45, 7) is 9.82. The van der Waals surface area contributed by atoms with Gasteiger partial charge >= 0.3 is 0 Å². The molecule has 1 atom stereocenters. The number of likely N-dealkylation sites (N-methyl/N-ethyl adjacent to an activating group) is 1. The Labute approximate surface area is 126 Å². The van der Waals surface area contributed by atoms with Gasteiger partial charge < -0.3 is 4.74 Å². The highest BCUT2D eigenvalue weighted by Gasteiger charge is 2.38. The zero-order valence-corrected chi connectivity index (χ0v) is 13.8. The van der Waals surface area contributed by atoms with Crippen LogP contribution < -0.4 is 4.74 Å². The van der Waals surface area contributed by atoms with Crippen LogP contribution in [0.4, 0.5) is 0 Å². The number of hydrogen-bond acceptors (Lipinski definition) is 3. The maximum absolute atomic E-state index is 13.0. The second-order valence-corrected chi connectivity index (χ2v) is 5.41. The number of halogens is 1. The lowest BCUT2D eigenvalue weighted by atomic mass is 9.86. The molecule has 0 aliphatic carbocycles. The molecule has 112 valence electrons. The van der Waals surface area contributed by atoms with E-state index in [1.807, 2.05) is 13.8 Å². The summed E-state index contributed by atoms with van der Waals surface area (Å²) in [6.07, 6.45) is 0.739. The predicted molar refractivity (Wildman–Crippen MR) is 84.0 cm³/mol. The van der Waals surface area contributed by atoms with Crippen molar-refractivity contribution in [1.29, 1.82) is 0 Å². The van der Waals surface area contributed by atoms with Gasteiger partial charge in [-0.05, 0) is 44.6 Å². The zero-order chi connectivity index (χ0) is 15.3. The van der Waals surface area contributed by atoms with E-state index in [2.05, 4.69) is 18.7 Å². The number of Topliss-reactive ketones (excluding diaryl/α,β-unsaturated/α-hetero) is 1. The van der Waals surface area contributed by atoms with Gasteiger partial charge in [-0.25, -0.2) is 0 Å². The molecule has 0 aliphatic rings. The van der Waals surface area contributed by atoms with E-state index in [1.54, 1.807) is 25.3 Å². The molecular formula is C16H24ClNO2. The number of methoxy groups -OCH3 is 1. The molecule has 1 aromatic carbocycles. The van der Waals surface area contributed by atoms with Crippen molar-refractivity contribution < 1.29 is 9.53 Å². The number of ether oxygens (including phenoxy) is 1. The molecule has 20 heavy (non-hydrogen) atoms. The van der Waals surface area contributed by atoms with E-state index in [-0.39, 0.29) is 5.78 Å². The first-order valence-corrected chi connectivity index (χ1v) is 7.45. The lowest BCUT2D eigenvalue weighted by Crippen LogP contribution is -2.52. The van der Waals surface area contributed by atoms with Crippen LogP contribution in [0.15, 0.2) is 18.2 Å². The van der Waals surface area contributed by atoms with Gasteiger partial charge in [0.25, 0.3) is 0 Å². The summed E-state index contributed by atoms with van der Waals surface area (Å²) in [5, 5.41) is 0.548. The molecule has 0 saturated heterocycles. The molecule has 0 heterocycles. The van der Waals surface area contributed by atoms with Crippen LogP contribution in [-0.2, 0) is 0 Å². The first kappa shape index (κ1) is 17.0. The molecule has 0 radical (unpaired) electrons. The fourth-order valence-electron chi connectivity index (χ4n) is 2.60. The van der Waals surface area contributed by atoms with E-state index in [4.69, 9.17) is 16.3 Å². The minimum absolute atomic E-state index is 0.0584. The van der Waals surface area contributed by atoms with Gasteiger partial charge in [-0.3, -0.25) is 9.69 Å². The Morgan fingerprint density at radius 3 is 2.35 bits per heavy atom. The number of ketones is 1. The molecule has 1 rings (SSSR count). The first-order chi connectivity index (χ1) is 9.44. The highest BCUT2D eigenvalue weighted by Crippen LogP contribution is 2.31.